The number of para-hydroxylation sites is 1. The first-order valence-corrected chi connectivity index (χ1v) is 9.43. The molecule has 0 fully saturated rings. The van der Waals surface area contributed by atoms with Crippen LogP contribution in [0.2, 0.25) is 5.02 Å². The van der Waals surface area contributed by atoms with Gasteiger partial charge in [-0.25, -0.2) is 5.43 Å². The van der Waals surface area contributed by atoms with Crippen molar-refractivity contribution >= 4 is 41.2 Å². The van der Waals surface area contributed by atoms with E-state index in [9.17, 15) is 14.9 Å². The summed E-state index contributed by atoms with van der Waals surface area (Å²) in [5.41, 5.74) is 2.73. The van der Waals surface area contributed by atoms with Crippen LogP contribution in [0.1, 0.15) is 5.76 Å². The highest BCUT2D eigenvalue weighted by atomic mass is 35.5. The van der Waals surface area contributed by atoms with Gasteiger partial charge in [0.05, 0.1) is 22.5 Å². The fourth-order valence-electron chi connectivity index (χ4n) is 2.29. The monoisotopic (exact) mass is 415 g/mol. The molecule has 1 N–H and O–H groups in total. The summed E-state index contributed by atoms with van der Waals surface area (Å²) in [6, 6.07) is 16.7. The zero-order valence-corrected chi connectivity index (χ0v) is 15.9. The van der Waals surface area contributed by atoms with E-state index in [1.807, 2.05) is 12.1 Å². The van der Waals surface area contributed by atoms with Gasteiger partial charge in [0.2, 0.25) is 5.91 Å². The number of carbonyl (C=O) groups is 1. The van der Waals surface area contributed by atoms with Crippen molar-refractivity contribution in [1.29, 1.82) is 0 Å². The standard InChI is InChI=1S/C19H14ClN3O4S/c20-13-5-8-15(9-6-13)28-12-19(24)22-21-11-14-7-10-18(27-14)16-3-1-2-4-17(16)23(25)26/h1-11H,12H2,(H,22,24)/b21-11+. The van der Waals surface area contributed by atoms with Crippen LogP contribution in [-0.4, -0.2) is 22.8 Å². The van der Waals surface area contributed by atoms with Gasteiger partial charge in [-0.2, -0.15) is 5.10 Å². The Bertz CT molecular complexity index is 1020. The molecule has 0 saturated heterocycles. The van der Waals surface area contributed by atoms with Gasteiger partial charge in [0.25, 0.3) is 5.69 Å². The van der Waals surface area contributed by atoms with E-state index >= 15 is 0 Å². The van der Waals surface area contributed by atoms with Crippen LogP contribution in [0.4, 0.5) is 5.69 Å². The summed E-state index contributed by atoms with van der Waals surface area (Å²) >= 11 is 7.17. The Morgan fingerprint density at radius 1 is 1.18 bits per heavy atom. The molecule has 0 bridgehead atoms. The maximum Gasteiger partial charge on any atom is 0.280 e. The van der Waals surface area contributed by atoms with Crippen LogP contribution in [-0.2, 0) is 4.79 Å². The van der Waals surface area contributed by atoms with Crippen LogP contribution >= 0.6 is 23.4 Å². The van der Waals surface area contributed by atoms with Gasteiger partial charge in [0.1, 0.15) is 11.5 Å². The second-order valence-electron chi connectivity index (χ2n) is 5.51. The molecule has 0 aliphatic carbocycles. The van der Waals surface area contributed by atoms with Crippen molar-refractivity contribution in [2.45, 2.75) is 4.90 Å². The van der Waals surface area contributed by atoms with Gasteiger partial charge in [-0.05, 0) is 42.5 Å². The van der Waals surface area contributed by atoms with E-state index in [-0.39, 0.29) is 17.3 Å². The van der Waals surface area contributed by atoms with Crippen LogP contribution in [0.15, 0.2) is 75.1 Å². The number of amides is 1. The summed E-state index contributed by atoms with van der Waals surface area (Å²) in [4.78, 5) is 23.4. The smallest absolute Gasteiger partial charge is 0.280 e. The Balaban J connectivity index is 1.56. The van der Waals surface area contributed by atoms with E-state index < -0.39 is 4.92 Å². The van der Waals surface area contributed by atoms with E-state index in [2.05, 4.69) is 10.5 Å². The number of nitrogens with zero attached hydrogens (tertiary/aromatic N) is 2. The lowest BCUT2D eigenvalue weighted by Gasteiger charge is -2.01. The molecule has 0 aliphatic heterocycles. The maximum absolute atomic E-state index is 11.8. The molecule has 0 spiro atoms. The molecule has 1 heterocycles. The van der Waals surface area contributed by atoms with Crippen LogP contribution in [0, 0.1) is 10.1 Å². The molecule has 2 aromatic carbocycles. The maximum atomic E-state index is 11.8. The van der Waals surface area contributed by atoms with Gasteiger partial charge in [-0.15, -0.1) is 11.8 Å². The fraction of sp³-hybridized carbons (Fsp3) is 0.0526. The first kappa shape index (κ1) is 19.7. The summed E-state index contributed by atoms with van der Waals surface area (Å²) < 4.78 is 5.56. The number of hydrazone groups is 1. The van der Waals surface area contributed by atoms with Crippen LogP contribution in [0.25, 0.3) is 11.3 Å². The molecule has 1 aromatic heterocycles. The zero-order chi connectivity index (χ0) is 19.9. The van der Waals surface area contributed by atoms with Gasteiger partial charge in [-0.1, -0.05) is 23.7 Å². The molecule has 1 amide bonds. The van der Waals surface area contributed by atoms with Gasteiger partial charge in [0.15, 0.2) is 0 Å². The fourth-order valence-corrected chi connectivity index (χ4v) is 3.10. The molecule has 0 saturated carbocycles. The van der Waals surface area contributed by atoms with Gasteiger partial charge < -0.3 is 4.42 Å². The quantitative estimate of drug-likeness (QED) is 0.260. The summed E-state index contributed by atoms with van der Waals surface area (Å²) in [7, 11) is 0. The Labute approximate surface area is 169 Å². The van der Waals surface area contributed by atoms with Crippen LogP contribution in [0.3, 0.4) is 0 Å². The minimum atomic E-state index is -0.468. The average molecular weight is 416 g/mol. The van der Waals surface area contributed by atoms with Gasteiger partial charge in [-0.3, -0.25) is 14.9 Å². The number of thioether (sulfide) groups is 1. The molecule has 0 aliphatic rings. The number of rotatable bonds is 7. The van der Waals surface area contributed by atoms with Crippen molar-refractivity contribution in [3.63, 3.8) is 0 Å². The number of halogens is 1. The predicted octanol–water partition coefficient (Wildman–Crippen LogP) is 4.75. The van der Waals surface area contributed by atoms with E-state index in [4.69, 9.17) is 16.0 Å². The van der Waals surface area contributed by atoms with Crippen molar-refractivity contribution in [2.75, 3.05) is 5.75 Å². The second-order valence-corrected chi connectivity index (χ2v) is 7.00. The van der Waals surface area contributed by atoms with Gasteiger partial charge >= 0.3 is 0 Å². The third kappa shape index (κ3) is 5.21. The minimum absolute atomic E-state index is 0.0483. The average Bonchev–Trinajstić information content (AvgIpc) is 3.16. The number of nitro groups is 1. The molecule has 142 valence electrons. The molecule has 9 heteroatoms. The SMILES string of the molecule is O=C(CSc1ccc(Cl)cc1)N/N=C/c1ccc(-c2ccccc2[N+](=O)[O-])o1. The summed E-state index contributed by atoms with van der Waals surface area (Å²) in [6.45, 7) is 0. The molecular weight excluding hydrogens is 402 g/mol. The molecule has 0 radical (unpaired) electrons. The molecule has 0 atom stereocenters. The zero-order valence-electron chi connectivity index (χ0n) is 14.4. The van der Waals surface area contributed by atoms with Crippen molar-refractivity contribution in [2.24, 2.45) is 5.10 Å². The van der Waals surface area contributed by atoms with Crippen molar-refractivity contribution < 1.29 is 14.1 Å². The number of carbonyl (C=O) groups excluding carboxylic acids is 1. The van der Waals surface area contributed by atoms with E-state index in [1.165, 1.54) is 24.0 Å². The van der Waals surface area contributed by atoms with Crippen molar-refractivity contribution in [1.82, 2.24) is 5.43 Å². The first-order chi connectivity index (χ1) is 13.5. The minimum Gasteiger partial charge on any atom is -0.455 e. The van der Waals surface area contributed by atoms with Crippen LogP contribution < -0.4 is 5.43 Å². The topological polar surface area (TPSA) is 97.7 Å². The molecule has 28 heavy (non-hydrogen) atoms. The summed E-state index contributed by atoms with van der Waals surface area (Å²) in [5.74, 6) is 0.623. The molecule has 0 unspecified atom stereocenters. The van der Waals surface area contributed by atoms with Crippen molar-refractivity contribution in [3.8, 4) is 11.3 Å². The summed E-state index contributed by atoms with van der Waals surface area (Å²) in [5, 5.41) is 15.6. The Morgan fingerprint density at radius 3 is 2.68 bits per heavy atom. The molecule has 3 aromatic rings. The number of hydrogen-bond donors (Lipinski definition) is 1. The Morgan fingerprint density at radius 2 is 1.93 bits per heavy atom. The van der Waals surface area contributed by atoms with E-state index in [1.54, 1.807) is 42.5 Å². The lowest BCUT2D eigenvalue weighted by molar-refractivity contribution is -0.384. The van der Waals surface area contributed by atoms with Crippen molar-refractivity contribution in [3.05, 3.63) is 81.6 Å². The number of nitrogens with one attached hydrogen (secondary N) is 1. The molecule has 7 nitrogen and oxygen atoms in total. The highest BCUT2D eigenvalue weighted by Crippen LogP contribution is 2.30. The highest BCUT2D eigenvalue weighted by molar-refractivity contribution is 8.00. The van der Waals surface area contributed by atoms with E-state index in [0.29, 0.717) is 22.1 Å². The lowest BCUT2D eigenvalue weighted by atomic mass is 10.1. The highest BCUT2D eigenvalue weighted by Gasteiger charge is 2.16. The normalized spacial score (nSPS) is 10.9. The second kappa shape index (κ2) is 9.20. The third-order valence-electron chi connectivity index (χ3n) is 3.56. The van der Waals surface area contributed by atoms with Gasteiger partial charge in [0, 0.05) is 16.0 Å². The Kier molecular flexibility index (Phi) is 6.46. The largest absolute Gasteiger partial charge is 0.455 e. The molecule has 3 rings (SSSR count). The first-order valence-electron chi connectivity index (χ1n) is 8.07. The number of nitro benzene ring substituents is 1. The van der Waals surface area contributed by atoms with E-state index in [0.717, 1.165) is 4.90 Å². The molecular formula is C19H14ClN3O4S. The number of furan rings is 1. The lowest BCUT2D eigenvalue weighted by Crippen LogP contribution is -2.19. The predicted molar refractivity (Wildman–Crippen MR) is 109 cm³/mol. The third-order valence-corrected chi connectivity index (χ3v) is 4.82. The van der Waals surface area contributed by atoms with Crippen LogP contribution in [0.5, 0.6) is 0 Å². The number of benzene rings is 2. The number of hydrogen-bond acceptors (Lipinski definition) is 6. The Hall–Kier alpha value is -3.10. The summed E-state index contributed by atoms with van der Waals surface area (Å²) in [6.07, 6.45) is 1.34.